The number of benzene rings is 3. The highest BCUT2D eigenvalue weighted by Gasteiger charge is 2.20. The van der Waals surface area contributed by atoms with Crippen molar-refractivity contribution < 1.29 is 13.0 Å². The van der Waals surface area contributed by atoms with E-state index in [9.17, 15) is 13.0 Å². The summed E-state index contributed by atoms with van der Waals surface area (Å²) in [7, 11) is -4.33. The maximum atomic E-state index is 11.8. The molecule has 0 aliphatic heterocycles. The molecular formula is C17H14MgO3S. The number of rotatable bonds is 2. The highest BCUT2D eigenvalue weighted by atomic mass is 32.2. The van der Waals surface area contributed by atoms with Gasteiger partial charge in [0, 0.05) is 28.4 Å². The topological polar surface area (TPSA) is 54.4 Å². The summed E-state index contributed by atoms with van der Waals surface area (Å²) >= 11 is 0. The minimum Gasteiger partial charge on any atom is -0.282 e. The molecule has 108 valence electrons. The molecule has 0 fully saturated rings. The zero-order valence-corrected chi connectivity index (χ0v) is 14.4. The molecule has 22 heavy (non-hydrogen) atoms. The summed E-state index contributed by atoms with van der Waals surface area (Å²) in [5.41, 5.74) is 1.04. The first-order valence-corrected chi connectivity index (χ1v) is 7.91. The third kappa shape index (κ3) is 2.77. The Balaban J connectivity index is 0.00000176. The van der Waals surface area contributed by atoms with Gasteiger partial charge in [0.05, 0.1) is 0 Å². The molecule has 0 atom stereocenters. The molecular weight excluding hydrogens is 309 g/mol. The Morgan fingerprint density at radius 1 is 0.955 bits per heavy atom. The number of allylic oxidation sites excluding steroid dienone is 1. The number of hydrogen-bond donors (Lipinski definition) is 1. The fourth-order valence-corrected chi connectivity index (χ4v) is 3.65. The Kier molecular flexibility index (Phi) is 4.63. The van der Waals surface area contributed by atoms with Crippen LogP contribution in [0.2, 0.25) is 0 Å². The lowest BCUT2D eigenvalue weighted by molar-refractivity contribution is 0.484. The number of fused-ring (bicyclic) bond motifs is 3. The lowest BCUT2D eigenvalue weighted by Gasteiger charge is -2.12. The summed E-state index contributed by atoms with van der Waals surface area (Å²) in [6.45, 7) is 5.51. The van der Waals surface area contributed by atoms with Crippen LogP contribution in [0.4, 0.5) is 0 Å². The average Bonchev–Trinajstić information content (AvgIpc) is 2.44. The summed E-state index contributed by atoms with van der Waals surface area (Å²) in [6, 6.07) is 14.9. The summed E-state index contributed by atoms with van der Waals surface area (Å²) in [5.74, 6) is 0. The molecule has 0 spiro atoms. The quantitative estimate of drug-likeness (QED) is 0.442. The van der Waals surface area contributed by atoms with Crippen molar-refractivity contribution in [3.05, 3.63) is 60.7 Å². The van der Waals surface area contributed by atoms with Crippen LogP contribution < -0.4 is 0 Å². The molecule has 0 aromatic heterocycles. The zero-order valence-electron chi connectivity index (χ0n) is 12.2. The van der Waals surface area contributed by atoms with Gasteiger partial charge in [0.25, 0.3) is 10.1 Å². The van der Waals surface area contributed by atoms with Crippen LogP contribution in [0.1, 0.15) is 12.5 Å². The monoisotopic (exact) mass is 322 g/mol. The lowest BCUT2D eigenvalue weighted by Crippen LogP contribution is -2.03. The molecule has 1 N–H and O–H groups in total. The SMILES string of the molecule is C=C(C)c1ccc2c(ccc3ccccc32)c1S(=O)(=O)O.[Mg]. The predicted octanol–water partition coefficient (Wildman–Crippen LogP) is 3.89. The Morgan fingerprint density at radius 2 is 1.59 bits per heavy atom. The maximum absolute atomic E-state index is 11.8. The van der Waals surface area contributed by atoms with E-state index in [0.717, 1.165) is 16.2 Å². The van der Waals surface area contributed by atoms with Gasteiger partial charge in [0.2, 0.25) is 0 Å². The van der Waals surface area contributed by atoms with E-state index in [0.29, 0.717) is 16.5 Å². The van der Waals surface area contributed by atoms with E-state index in [2.05, 4.69) is 6.58 Å². The second-order valence-electron chi connectivity index (χ2n) is 5.08. The van der Waals surface area contributed by atoms with Crippen molar-refractivity contribution in [2.24, 2.45) is 0 Å². The predicted molar refractivity (Wildman–Crippen MR) is 91.7 cm³/mol. The number of hydrogen-bond acceptors (Lipinski definition) is 2. The van der Waals surface area contributed by atoms with Crippen molar-refractivity contribution in [1.82, 2.24) is 0 Å². The fourth-order valence-electron chi connectivity index (χ4n) is 2.67. The van der Waals surface area contributed by atoms with Gasteiger partial charge < -0.3 is 0 Å². The third-order valence-electron chi connectivity index (χ3n) is 3.59. The molecule has 0 aliphatic carbocycles. The standard InChI is InChI=1S/C17H14O3S.Mg/c1-11(2)13-9-10-15-14-6-4-3-5-12(14)7-8-16(15)17(13)21(18,19)20;/h3-10H,1H2,2H3,(H,18,19,20);. The lowest BCUT2D eigenvalue weighted by atomic mass is 9.98. The summed E-state index contributed by atoms with van der Waals surface area (Å²) < 4.78 is 33.3. The van der Waals surface area contributed by atoms with Gasteiger partial charge in [-0.25, -0.2) is 0 Å². The fraction of sp³-hybridized carbons (Fsp3) is 0.0588. The van der Waals surface area contributed by atoms with Crippen LogP contribution in [-0.2, 0) is 10.1 Å². The molecule has 0 amide bonds. The van der Waals surface area contributed by atoms with Crippen molar-refractivity contribution in [1.29, 1.82) is 0 Å². The highest BCUT2D eigenvalue weighted by molar-refractivity contribution is 7.86. The van der Waals surface area contributed by atoms with Gasteiger partial charge in [-0.1, -0.05) is 55.1 Å². The molecule has 2 radical (unpaired) electrons. The first-order valence-electron chi connectivity index (χ1n) is 6.47. The van der Waals surface area contributed by atoms with Crippen molar-refractivity contribution in [3.8, 4) is 0 Å². The highest BCUT2D eigenvalue weighted by Crippen LogP contribution is 2.34. The van der Waals surface area contributed by atoms with Crippen molar-refractivity contribution >= 4 is 60.3 Å². The van der Waals surface area contributed by atoms with Gasteiger partial charge >= 0.3 is 0 Å². The van der Waals surface area contributed by atoms with Crippen LogP contribution in [0.15, 0.2) is 60.0 Å². The second-order valence-corrected chi connectivity index (χ2v) is 6.44. The van der Waals surface area contributed by atoms with E-state index >= 15 is 0 Å². The maximum Gasteiger partial charge on any atom is 0.295 e. The first kappa shape index (κ1) is 17.0. The molecule has 0 unspecified atom stereocenters. The van der Waals surface area contributed by atoms with Gasteiger partial charge in [0.1, 0.15) is 4.90 Å². The van der Waals surface area contributed by atoms with Gasteiger partial charge in [-0.3, -0.25) is 4.55 Å². The molecule has 0 saturated heterocycles. The van der Waals surface area contributed by atoms with Crippen molar-refractivity contribution in [2.75, 3.05) is 0 Å². The molecule has 3 rings (SSSR count). The first-order chi connectivity index (χ1) is 9.89. The Hall–Kier alpha value is -1.40. The molecule has 3 aromatic carbocycles. The minimum absolute atomic E-state index is 0. The van der Waals surface area contributed by atoms with Crippen LogP contribution in [0, 0.1) is 0 Å². The van der Waals surface area contributed by atoms with Gasteiger partial charge in [-0.2, -0.15) is 8.42 Å². The van der Waals surface area contributed by atoms with E-state index in [4.69, 9.17) is 0 Å². The smallest absolute Gasteiger partial charge is 0.282 e. The van der Waals surface area contributed by atoms with Gasteiger partial charge in [-0.05, 0) is 34.2 Å². The Bertz CT molecular complexity index is 991. The summed E-state index contributed by atoms with van der Waals surface area (Å²) in [5, 5.41) is 3.28. The van der Waals surface area contributed by atoms with Crippen LogP contribution in [-0.4, -0.2) is 36.0 Å². The molecule has 3 nitrogen and oxygen atoms in total. The molecule has 5 heteroatoms. The van der Waals surface area contributed by atoms with Crippen molar-refractivity contribution in [3.63, 3.8) is 0 Å². The minimum atomic E-state index is -4.33. The third-order valence-corrected chi connectivity index (χ3v) is 4.55. The summed E-state index contributed by atoms with van der Waals surface area (Å²) in [6.07, 6.45) is 0. The van der Waals surface area contributed by atoms with E-state index in [-0.39, 0.29) is 27.9 Å². The van der Waals surface area contributed by atoms with E-state index in [1.807, 2.05) is 36.4 Å². The van der Waals surface area contributed by atoms with Gasteiger partial charge in [0.15, 0.2) is 0 Å². The van der Waals surface area contributed by atoms with Gasteiger partial charge in [-0.15, -0.1) is 0 Å². The van der Waals surface area contributed by atoms with Crippen LogP contribution in [0.25, 0.3) is 27.1 Å². The van der Waals surface area contributed by atoms with E-state index in [1.165, 1.54) is 0 Å². The molecule has 3 aromatic rings. The van der Waals surface area contributed by atoms with Crippen LogP contribution in [0.5, 0.6) is 0 Å². The average molecular weight is 323 g/mol. The summed E-state index contributed by atoms with van der Waals surface area (Å²) in [4.78, 5) is -0.0711. The molecule has 0 aliphatic rings. The Labute approximate surface area is 145 Å². The molecule has 0 bridgehead atoms. The normalized spacial score (nSPS) is 11.4. The van der Waals surface area contributed by atoms with Crippen LogP contribution in [0.3, 0.4) is 0 Å². The second kappa shape index (κ2) is 6.00. The molecule has 0 heterocycles. The van der Waals surface area contributed by atoms with Crippen LogP contribution >= 0.6 is 0 Å². The van der Waals surface area contributed by atoms with Crippen molar-refractivity contribution in [2.45, 2.75) is 11.8 Å². The largest absolute Gasteiger partial charge is 0.295 e. The Morgan fingerprint density at radius 3 is 2.23 bits per heavy atom. The zero-order chi connectivity index (χ0) is 15.2. The molecule has 0 saturated carbocycles. The van der Waals surface area contributed by atoms with E-state index in [1.54, 1.807) is 19.1 Å². The van der Waals surface area contributed by atoms with E-state index < -0.39 is 10.1 Å².